The number of amidine groups is 1. The summed E-state index contributed by atoms with van der Waals surface area (Å²) in [5.41, 5.74) is 5.03. The van der Waals surface area contributed by atoms with E-state index in [2.05, 4.69) is 0 Å². The summed E-state index contributed by atoms with van der Waals surface area (Å²) < 4.78 is 9.75. The quantitative estimate of drug-likeness (QED) is 0.314. The monoisotopic (exact) mass is 146 g/mol. The maximum Gasteiger partial charge on any atom is 0.117 e. The number of nitrogens with two attached hydrogens (primary N) is 1. The summed E-state index contributed by atoms with van der Waals surface area (Å²) in [6, 6.07) is 0. The lowest BCUT2D eigenvalue weighted by Gasteiger charge is -2.00. The van der Waals surface area contributed by atoms with Crippen LogP contribution in [-0.2, 0) is 9.47 Å². The molecule has 60 valence electrons. The molecule has 0 spiro atoms. The first-order valence-electron chi connectivity index (χ1n) is 3.17. The first-order chi connectivity index (χ1) is 4.77. The van der Waals surface area contributed by atoms with Gasteiger partial charge in [0.1, 0.15) is 12.4 Å². The van der Waals surface area contributed by atoms with Gasteiger partial charge in [0, 0.05) is 20.3 Å². The van der Waals surface area contributed by atoms with Crippen LogP contribution in [0, 0.1) is 5.41 Å². The molecule has 0 saturated carbocycles. The van der Waals surface area contributed by atoms with E-state index in [9.17, 15) is 0 Å². The largest absolute Gasteiger partial charge is 0.386 e. The van der Waals surface area contributed by atoms with Gasteiger partial charge in [-0.3, -0.25) is 5.41 Å². The fraction of sp³-hybridized carbons (Fsp3) is 0.833. The number of hydrogen-bond acceptors (Lipinski definition) is 3. The highest BCUT2D eigenvalue weighted by molar-refractivity contribution is 5.78. The van der Waals surface area contributed by atoms with Gasteiger partial charge in [-0.1, -0.05) is 0 Å². The van der Waals surface area contributed by atoms with Crippen molar-refractivity contribution in [2.45, 2.75) is 6.42 Å². The van der Waals surface area contributed by atoms with Gasteiger partial charge in [-0.25, -0.2) is 0 Å². The van der Waals surface area contributed by atoms with E-state index < -0.39 is 0 Å². The van der Waals surface area contributed by atoms with Gasteiger partial charge in [0.2, 0.25) is 0 Å². The van der Waals surface area contributed by atoms with Crippen molar-refractivity contribution >= 4 is 5.84 Å². The predicted molar refractivity (Wildman–Crippen MR) is 39.2 cm³/mol. The van der Waals surface area contributed by atoms with Gasteiger partial charge < -0.3 is 15.2 Å². The lowest BCUT2D eigenvalue weighted by Crippen LogP contribution is -2.17. The van der Waals surface area contributed by atoms with Gasteiger partial charge in [-0.05, 0) is 6.42 Å². The summed E-state index contributed by atoms with van der Waals surface area (Å²) in [4.78, 5) is 0. The Bertz CT molecular complexity index is 95.7. The Morgan fingerprint density at radius 3 is 2.70 bits per heavy atom. The first-order valence-corrected chi connectivity index (χ1v) is 3.17. The number of methoxy groups -OCH3 is 1. The van der Waals surface area contributed by atoms with E-state index in [-0.39, 0.29) is 12.4 Å². The highest BCUT2D eigenvalue weighted by Gasteiger charge is 1.89. The van der Waals surface area contributed by atoms with Crippen molar-refractivity contribution in [3.8, 4) is 0 Å². The molecule has 0 aromatic rings. The molecule has 0 unspecified atom stereocenters. The summed E-state index contributed by atoms with van der Waals surface area (Å²) in [7, 11) is 1.64. The molecule has 0 amide bonds. The molecular weight excluding hydrogens is 132 g/mol. The zero-order chi connectivity index (χ0) is 7.82. The minimum Gasteiger partial charge on any atom is -0.386 e. The molecule has 0 aliphatic rings. The fourth-order valence-corrected chi connectivity index (χ4v) is 0.487. The van der Waals surface area contributed by atoms with E-state index >= 15 is 0 Å². The zero-order valence-corrected chi connectivity index (χ0v) is 6.22. The van der Waals surface area contributed by atoms with Crippen molar-refractivity contribution in [1.29, 1.82) is 5.41 Å². The number of nitrogens with one attached hydrogen (secondary N) is 1. The standard InChI is InChI=1S/C6H14N2O2/c1-9-3-2-4-10-5-6(7)8/h2-5H2,1H3,(H3,7,8). The van der Waals surface area contributed by atoms with Gasteiger partial charge in [-0.2, -0.15) is 0 Å². The minimum absolute atomic E-state index is 0.0671. The van der Waals surface area contributed by atoms with Crippen LogP contribution in [0.15, 0.2) is 0 Å². The number of hydrogen-bond donors (Lipinski definition) is 2. The lowest BCUT2D eigenvalue weighted by molar-refractivity contribution is 0.125. The highest BCUT2D eigenvalue weighted by atomic mass is 16.5. The topological polar surface area (TPSA) is 68.3 Å². The second-order valence-corrected chi connectivity index (χ2v) is 1.92. The molecule has 0 aliphatic carbocycles. The Balaban J connectivity index is 2.84. The van der Waals surface area contributed by atoms with Gasteiger partial charge in [0.15, 0.2) is 0 Å². The van der Waals surface area contributed by atoms with Crippen molar-refractivity contribution in [2.75, 3.05) is 26.9 Å². The maximum atomic E-state index is 6.80. The van der Waals surface area contributed by atoms with Crippen LogP contribution in [0.25, 0.3) is 0 Å². The summed E-state index contributed by atoms with van der Waals surface area (Å²) in [5, 5.41) is 6.80. The number of ether oxygens (including phenoxy) is 2. The number of rotatable bonds is 6. The van der Waals surface area contributed by atoms with Crippen LogP contribution >= 0.6 is 0 Å². The van der Waals surface area contributed by atoms with Crippen LogP contribution in [0.3, 0.4) is 0 Å². The summed E-state index contributed by atoms with van der Waals surface area (Å²) in [6.45, 7) is 1.52. The second-order valence-electron chi connectivity index (χ2n) is 1.92. The third kappa shape index (κ3) is 7.39. The molecule has 4 nitrogen and oxygen atoms in total. The van der Waals surface area contributed by atoms with Crippen molar-refractivity contribution < 1.29 is 9.47 Å². The minimum atomic E-state index is 0.0671. The van der Waals surface area contributed by atoms with Crippen molar-refractivity contribution in [3.63, 3.8) is 0 Å². The molecule has 4 heteroatoms. The van der Waals surface area contributed by atoms with Gasteiger partial charge in [-0.15, -0.1) is 0 Å². The molecule has 0 bridgehead atoms. The van der Waals surface area contributed by atoms with E-state index in [4.69, 9.17) is 20.6 Å². The average Bonchev–Trinajstić information content (AvgIpc) is 1.87. The van der Waals surface area contributed by atoms with Crippen molar-refractivity contribution in [3.05, 3.63) is 0 Å². The average molecular weight is 146 g/mol. The molecule has 0 atom stereocenters. The maximum absolute atomic E-state index is 6.80. The molecule has 0 saturated heterocycles. The van der Waals surface area contributed by atoms with Crippen molar-refractivity contribution in [1.82, 2.24) is 0 Å². The Morgan fingerprint density at radius 1 is 1.50 bits per heavy atom. The molecule has 0 aromatic heterocycles. The van der Waals surface area contributed by atoms with Gasteiger partial charge >= 0.3 is 0 Å². The molecule has 0 heterocycles. The zero-order valence-electron chi connectivity index (χ0n) is 6.22. The molecule has 10 heavy (non-hydrogen) atoms. The van der Waals surface area contributed by atoms with E-state index in [0.29, 0.717) is 13.2 Å². The summed E-state index contributed by atoms with van der Waals surface area (Å²) in [6.07, 6.45) is 0.851. The Kier molecular flexibility index (Phi) is 6.11. The van der Waals surface area contributed by atoms with E-state index in [0.717, 1.165) is 6.42 Å². The second kappa shape index (κ2) is 6.51. The molecular formula is C6H14N2O2. The Hall–Kier alpha value is -0.610. The third-order valence-corrected chi connectivity index (χ3v) is 0.895. The first kappa shape index (κ1) is 9.39. The molecule has 0 radical (unpaired) electrons. The third-order valence-electron chi connectivity index (χ3n) is 0.895. The van der Waals surface area contributed by atoms with Gasteiger partial charge in [0.05, 0.1) is 0 Å². The van der Waals surface area contributed by atoms with Crippen LogP contribution < -0.4 is 5.73 Å². The van der Waals surface area contributed by atoms with Crippen LogP contribution in [0.2, 0.25) is 0 Å². The van der Waals surface area contributed by atoms with Crippen LogP contribution in [-0.4, -0.2) is 32.8 Å². The van der Waals surface area contributed by atoms with Crippen molar-refractivity contribution in [2.24, 2.45) is 5.73 Å². The highest BCUT2D eigenvalue weighted by Crippen LogP contribution is 1.82. The normalized spacial score (nSPS) is 9.70. The summed E-state index contributed by atoms with van der Waals surface area (Å²) >= 11 is 0. The Labute approximate surface area is 60.8 Å². The smallest absolute Gasteiger partial charge is 0.117 e. The molecule has 0 rings (SSSR count). The van der Waals surface area contributed by atoms with Crippen LogP contribution in [0.5, 0.6) is 0 Å². The van der Waals surface area contributed by atoms with Crippen LogP contribution in [0.1, 0.15) is 6.42 Å². The molecule has 0 aliphatic heterocycles. The molecule has 3 N–H and O–H groups in total. The van der Waals surface area contributed by atoms with Gasteiger partial charge in [0.25, 0.3) is 0 Å². The predicted octanol–water partition coefficient (Wildman–Crippen LogP) is -0.0245. The van der Waals surface area contributed by atoms with E-state index in [1.54, 1.807) is 7.11 Å². The van der Waals surface area contributed by atoms with Crippen LogP contribution in [0.4, 0.5) is 0 Å². The van der Waals surface area contributed by atoms with E-state index in [1.165, 1.54) is 0 Å². The fourth-order valence-electron chi connectivity index (χ4n) is 0.487. The molecule has 0 aromatic carbocycles. The molecule has 0 fully saturated rings. The lowest BCUT2D eigenvalue weighted by atomic mass is 10.5. The SMILES string of the molecule is COCCCOCC(=N)N. The summed E-state index contributed by atoms with van der Waals surface area (Å²) in [5.74, 6) is 0.0671. The Morgan fingerprint density at radius 2 is 2.20 bits per heavy atom. The van der Waals surface area contributed by atoms with E-state index in [1.807, 2.05) is 0 Å².